The molecule has 0 N–H and O–H groups in total. The van der Waals surface area contributed by atoms with Crippen molar-refractivity contribution in [2.45, 2.75) is 6.54 Å². The van der Waals surface area contributed by atoms with Crippen LogP contribution in [0.4, 0.5) is 5.69 Å². The van der Waals surface area contributed by atoms with Crippen LogP contribution in [0, 0.1) is 10.1 Å². The fourth-order valence-electron chi connectivity index (χ4n) is 2.74. The Kier molecular flexibility index (Phi) is 5.42. The molecule has 0 atom stereocenters. The number of non-ortho nitro benzene ring substituents is 1. The molecule has 0 aliphatic carbocycles. The van der Waals surface area contributed by atoms with E-state index in [4.69, 9.17) is 0 Å². The first-order valence-electron chi connectivity index (χ1n) is 8.52. The number of hydrogen-bond donors (Lipinski definition) is 0. The zero-order valence-corrected chi connectivity index (χ0v) is 15.2. The Bertz CT molecular complexity index is 1070. The van der Waals surface area contributed by atoms with Crippen LogP contribution in [0.3, 0.4) is 0 Å². The van der Waals surface area contributed by atoms with Gasteiger partial charge in [-0.3, -0.25) is 19.5 Å². The van der Waals surface area contributed by atoms with E-state index in [-0.39, 0.29) is 11.2 Å². The molecule has 0 unspecified atom stereocenters. The molecule has 0 radical (unpaired) electrons. The average Bonchev–Trinajstić information content (AvgIpc) is 2.66. The Balaban J connectivity index is 2.06. The van der Waals surface area contributed by atoms with E-state index >= 15 is 0 Å². The van der Waals surface area contributed by atoms with E-state index in [9.17, 15) is 14.9 Å². The third-order valence-corrected chi connectivity index (χ3v) is 4.17. The van der Waals surface area contributed by atoms with Crippen LogP contribution in [-0.4, -0.2) is 40.0 Å². The van der Waals surface area contributed by atoms with Gasteiger partial charge in [-0.15, -0.1) is 0 Å². The minimum Gasteiger partial charge on any atom is -0.308 e. The van der Waals surface area contributed by atoms with Crippen LogP contribution in [0.25, 0.3) is 23.1 Å². The molecule has 1 heterocycles. The Morgan fingerprint density at radius 3 is 2.67 bits per heavy atom. The quantitative estimate of drug-likeness (QED) is 0.496. The molecule has 0 spiro atoms. The molecular weight excluding hydrogens is 344 g/mol. The first kappa shape index (κ1) is 18.5. The topological polar surface area (TPSA) is 81.3 Å². The summed E-state index contributed by atoms with van der Waals surface area (Å²) in [6, 6.07) is 13.6. The number of nitro groups is 1. The standard InChI is InChI=1S/C20H20N4O3/c1-22(2)12-13-23-19(21-18-9-4-3-8-17(18)20(23)25)11-10-15-6-5-7-16(14-15)24(26)27/h3-11,14H,12-13H2,1-2H3/b11-10+. The van der Waals surface area contributed by atoms with Crippen LogP contribution in [0.5, 0.6) is 0 Å². The van der Waals surface area contributed by atoms with Gasteiger partial charge in [0, 0.05) is 25.2 Å². The first-order chi connectivity index (χ1) is 13.0. The minimum absolute atomic E-state index is 0.0219. The summed E-state index contributed by atoms with van der Waals surface area (Å²) in [5.41, 5.74) is 1.22. The summed E-state index contributed by atoms with van der Waals surface area (Å²) in [7, 11) is 3.89. The molecule has 27 heavy (non-hydrogen) atoms. The Morgan fingerprint density at radius 2 is 1.93 bits per heavy atom. The lowest BCUT2D eigenvalue weighted by Gasteiger charge is -2.14. The number of para-hydroxylation sites is 1. The number of fused-ring (bicyclic) bond motifs is 1. The van der Waals surface area contributed by atoms with Crippen LogP contribution in [0.1, 0.15) is 11.4 Å². The van der Waals surface area contributed by atoms with Gasteiger partial charge in [-0.25, -0.2) is 4.98 Å². The number of rotatable bonds is 6. The third kappa shape index (κ3) is 4.27. The average molecular weight is 364 g/mol. The summed E-state index contributed by atoms with van der Waals surface area (Å²) in [5.74, 6) is 0.520. The lowest BCUT2D eigenvalue weighted by atomic mass is 10.2. The number of benzene rings is 2. The van der Waals surface area contributed by atoms with E-state index < -0.39 is 4.92 Å². The van der Waals surface area contributed by atoms with Crippen molar-refractivity contribution in [2.75, 3.05) is 20.6 Å². The van der Waals surface area contributed by atoms with Crippen LogP contribution in [0.15, 0.2) is 53.3 Å². The van der Waals surface area contributed by atoms with Crippen LogP contribution >= 0.6 is 0 Å². The molecule has 0 saturated carbocycles. The van der Waals surface area contributed by atoms with E-state index in [0.717, 1.165) is 0 Å². The molecule has 0 aliphatic rings. The molecular formula is C20H20N4O3. The van der Waals surface area contributed by atoms with Gasteiger partial charge in [0.2, 0.25) is 0 Å². The summed E-state index contributed by atoms with van der Waals surface area (Å²) in [4.78, 5) is 30.0. The number of aromatic nitrogens is 2. The molecule has 7 nitrogen and oxygen atoms in total. The second-order valence-electron chi connectivity index (χ2n) is 6.43. The zero-order chi connectivity index (χ0) is 19.4. The highest BCUT2D eigenvalue weighted by atomic mass is 16.6. The third-order valence-electron chi connectivity index (χ3n) is 4.17. The van der Waals surface area contributed by atoms with Crippen molar-refractivity contribution in [3.8, 4) is 0 Å². The first-order valence-corrected chi connectivity index (χ1v) is 8.52. The molecule has 138 valence electrons. The van der Waals surface area contributed by atoms with Crippen molar-refractivity contribution in [2.24, 2.45) is 0 Å². The van der Waals surface area contributed by atoms with E-state index in [2.05, 4.69) is 4.98 Å². The zero-order valence-electron chi connectivity index (χ0n) is 15.2. The van der Waals surface area contributed by atoms with Crippen molar-refractivity contribution in [3.05, 3.63) is 80.4 Å². The predicted molar refractivity (Wildman–Crippen MR) is 107 cm³/mol. The Hall–Kier alpha value is -3.32. The van der Waals surface area contributed by atoms with E-state index in [1.165, 1.54) is 12.1 Å². The van der Waals surface area contributed by atoms with Gasteiger partial charge >= 0.3 is 0 Å². The molecule has 7 heteroatoms. The second-order valence-corrected chi connectivity index (χ2v) is 6.43. The van der Waals surface area contributed by atoms with Gasteiger partial charge in [-0.2, -0.15) is 0 Å². The Labute approximate surface area is 156 Å². The fraction of sp³-hybridized carbons (Fsp3) is 0.200. The summed E-state index contributed by atoms with van der Waals surface area (Å²) in [6.45, 7) is 1.19. The van der Waals surface area contributed by atoms with E-state index in [1.54, 1.807) is 41.0 Å². The molecule has 3 rings (SSSR count). The number of likely N-dealkylation sites (N-methyl/N-ethyl adjacent to an activating group) is 1. The predicted octanol–water partition coefficient (Wildman–Crippen LogP) is 3.04. The minimum atomic E-state index is -0.432. The largest absolute Gasteiger partial charge is 0.308 e. The second kappa shape index (κ2) is 7.92. The van der Waals surface area contributed by atoms with Crippen molar-refractivity contribution in [3.63, 3.8) is 0 Å². The van der Waals surface area contributed by atoms with Crippen molar-refractivity contribution in [1.29, 1.82) is 0 Å². The lowest BCUT2D eigenvalue weighted by molar-refractivity contribution is -0.384. The molecule has 0 saturated heterocycles. The molecule has 0 aliphatic heterocycles. The van der Waals surface area contributed by atoms with Crippen LogP contribution < -0.4 is 5.56 Å². The highest BCUT2D eigenvalue weighted by Gasteiger charge is 2.09. The maximum atomic E-state index is 12.9. The lowest BCUT2D eigenvalue weighted by Crippen LogP contribution is -2.29. The van der Waals surface area contributed by atoms with E-state index in [0.29, 0.717) is 35.4 Å². The highest BCUT2D eigenvalue weighted by molar-refractivity contribution is 5.79. The number of nitrogens with zero attached hydrogens (tertiary/aromatic N) is 4. The SMILES string of the molecule is CN(C)CCn1c(/C=C/c2cccc([N+](=O)[O-])c2)nc2ccccc2c1=O. The van der Waals surface area contributed by atoms with Gasteiger partial charge in [0.25, 0.3) is 11.2 Å². The summed E-state index contributed by atoms with van der Waals surface area (Å²) < 4.78 is 1.64. The highest BCUT2D eigenvalue weighted by Crippen LogP contribution is 2.16. The molecule has 0 bridgehead atoms. The normalized spacial score (nSPS) is 11.5. The molecule has 3 aromatic rings. The maximum absolute atomic E-state index is 12.9. The van der Waals surface area contributed by atoms with Gasteiger partial charge in [0.05, 0.1) is 15.8 Å². The van der Waals surface area contributed by atoms with Crippen LogP contribution in [0.2, 0.25) is 0 Å². The molecule has 0 fully saturated rings. The molecule has 1 aromatic heterocycles. The maximum Gasteiger partial charge on any atom is 0.270 e. The number of nitro benzene ring substituents is 1. The van der Waals surface area contributed by atoms with Gasteiger partial charge < -0.3 is 4.90 Å². The summed E-state index contributed by atoms with van der Waals surface area (Å²) in [6.07, 6.45) is 3.46. The fourth-order valence-corrected chi connectivity index (χ4v) is 2.74. The molecule has 0 amide bonds. The smallest absolute Gasteiger partial charge is 0.270 e. The Morgan fingerprint density at radius 1 is 1.15 bits per heavy atom. The van der Waals surface area contributed by atoms with Crippen molar-refractivity contribution >= 4 is 28.7 Å². The van der Waals surface area contributed by atoms with Gasteiger partial charge in [-0.1, -0.05) is 30.3 Å². The van der Waals surface area contributed by atoms with Gasteiger partial charge in [0.15, 0.2) is 0 Å². The van der Waals surface area contributed by atoms with E-state index in [1.807, 2.05) is 31.1 Å². The summed E-state index contributed by atoms with van der Waals surface area (Å²) in [5, 5.41) is 11.5. The monoisotopic (exact) mass is 364 g/mol. The van der Waals surface area contributed by atoms with Gasteiger partial charge in [-0.05, 0) is 37.9 Å². The van der Waals surface area contributed by atoms with Gasteiger partial charge in [0.1, 0.15) is 5.82 Å². The van der Waals surface area contributed by atoms with Crippen molar-refractivity contribution < 1.29 is 4.92 Å². The summed E-state index contributed by atoms with van der Waals surface area (Å²) >= 11 is 0. The molecule has 2 aromatic carbocycles. The van der Waals surface area contributed by atoms with Crippen molar-refractivity contribution in [1.82, 2.24) is 14.5 Å². The number of hydrogen-bond acceptors (Lipinski definition) is 5. The van der Waals surface area contributed by atoms with Crippen LogP contribution in [-0.2, 0) is 6.54 Å².